The molecule has 4 aromatic rings. The van der Waals surface area contributed by atoms with Crippen LogP contribution in [0.15, 0.2) is 47.3 Å². The van der Waals surface area contributed by atoms with Gasteiger partial charge in [0.2, 0.25) is 0 Å². The van der Waals surface area contributed by atoms with Gasteiger partial charge in [0.1, 0.15) is 16.5 Å². The van der Waals surface area contributed by atoms with Crippen LogP contribution in [0.1, 0.15) is 5.82 Å². The Hall–Kier alpha value is -2.59. The molecule has 0 saturated carbocycles. The second kappa shape index (κ2) is 9.34. The highest BCUT2D eigenvalue weighted by molar-refractivity contribution is 7.17. The van der Waals surface area contributed by atoms with E-state index in [1.807, 2.05) is 11.6 Å². The van der Waals surface area contributed by atoms with Crippen molar-refractivity contribution in [1.29, 1.82) is 0 Å². The maximum absolute atomic E-state index is 5.52. The Bertz CT molecular complexity index is 1200. The van der Waals surface area contributed by atoms with Crippen LogP contribution >= 0.6 is 22.7 Å². The molecular weight excluding hydrogens is 452 g/mol. The number of ether oxygens (including phenoxy) is 1. The van der Waals surface area contributed by atoms with Gasteiger partial charge < -0.3 is 14.5 Å². The molecule has 2 aliphatic heterocycles. The molecule has 0 unspecified atom stereocenters. The molecule has 0 amide bonds. The minimum Gasteiger partial charge on any atom is -0.379 e. The lowest BCUT2D eigenvalue weighted by Gasteiger charge is -2.36. The van der Waals surface area contributed by atoms with Crippen LogP contribution in [0, 0.1) is 0 Å². The molecular formula is C24H26N6OS2. The molecule has 2 aliphatic rings. The Morgan fingerprint density at radius 3 is 2.42 bits per heavy atom. The van der Waals surface area contributed by atoms with Gasteiger partial charge in [-0.2, -0.15) is 0 Å². The van der Waals surface area contributed by atoms with E-state index >= 15 is 0 Å². The third-order valence-corrected chi connectivity index (χ3v) is 7.99. The largest absolute Gasteiger partial charge is 0.379 e. The first-order valence-electron chi connectivity index (χ1n) is 11.4. The van der Waals surface area contributed by atoms with Crippen molar-refractivity contribution >= 4 is 43.8 Å². The summed E-state index contributed by atoms with van der Waals surface area (Å²) >= 11 is 3.43. The second-order valence-corrected chi connectivity index (χ2v) is 10.1. The predicted molar refractivity (Wildman–Crippen MR) is 135 cm³/mol. The number of thiophene rings is 1. The highest BCUT2D eigenvalue weighted by atomic mass is 32.1. The molecule has 3 aromatic heterocycles. The van der Waals surface area contributed by atoms with E-state index in [0.29, 0.717) is 0 Å². The van der Waals surface area contributed by atoms with Crippen molar-refractivity contribution in [2.24, 2.45) is 0 Å². The third-order valence-electron chi connectivity index (χ3n) is 6.28. The van der Waals surface area contributed by atoms with Crippen molar-refractivity contribution < 1.29 is 4.74 Å². The van der Waals surface area contributed by atoms with Gasteiger partial charge in [0.25, 0.3) is 0 Å². The van der Waals surface area contributed by atoms with Crippen molar-refractivity contribution in [1.82, 2.24) is 19.9 Å². The molecule has 2 saturated heterocycles. The SMILES string of the molecule is c1ccc(-c2csc3nc(CN4CCOCC4)nc(N4CCN(c5nccs5)CC4)c23)cc1. The zero-order valence-electron chi connectivity index (χ0n) is 18.4. The smallest absolute Gasteiger partial charge is 0.185 e. The zero-order chi connectivity index (χ0) is 22.0. The number of thiazole rings is 1. The number of fused-ring (bicyclic) bond motifs is 1. The van der Waals surface area contributed by atoms with E-state index in [1.54, 1.807) is 22.7 Å². The Morgan fingerprint density at radius 1 is 0.879 bits per heavy atom. The fourth-order valence-corrected chi connectivity index (χ4v) is 6.19. The molecule has 33 heavy (non-hydrogen) atoms. The highest BCUT2D eigenvalue weighted by Crippen LogP contribution is 2.39. The van der Waals surface area contributed by atoms with E-state index in [4.69, 9.17) is 14.7 Å². The van der Waals surface area contributed by atoms with Gasteiger partial charge in [0.05, 0.1) is 25.1 Å². The summed E-state index contributed by atoms with van der Waals surface area (Å²) in [4.78, 5) is 23.0. The normalized spacial score (nSPS) is 17.7. The van der Waals surface area contributed by atoms with Crippen molar-refractivity contribution in [3.63, 3.8) is 0 Å². The average molecular weight is 479 g/mol. The number of benzene rings is 1. The van der Waals surface area contributed by atoms with Crippen LogP contribution in [-0.2, 0) is 11.3 Å². The first kappa shape index (κ1) is 21.0. The monoisotopic (exact) mass is 478 g/mol. The molecule has 0 spiro atoms. The summed E-state index contributed by atoms with van der Waals surface area (Å²) in [6.45, 7) is 7.94. The molecule has 0 radical (unpaired) electrons. The van der Waals surface area contributed by atoms with Crippen LogP contribution in [0.5, 0.6) is 0 Å². The maximum Gasteiger partial charge on any atom is 0.185 e. The van der Waals surface area contributed by atoms with E-state index in [9.17, 15) is 0 Å². The lowest BCUT2D eigenvalue weighted by Crippen LogP contribution is -2.47. The molecule has 9 heteroatoms. The van der Waals surface area contributed by atoms with Crippen molar-refractivity contribution in [3.8, 4) is 11.1 Å². The lowest BCUT2D eigenvalue weighted by molar-refractivity contribution is 0.0331. The van der Waals surface area contributed by atoms with Crippen molar-refractivity contribution in [3.05, 3.63) is 53.1 Å². The Balaban J connectivity index is 1.36. The summed E-state index contributed by atoms with van der Waals surface area (Å²) < 4.78 is 5.52. The van der Waals surface area contributed by atoms with E-state index in [-0.39, 0.29) is 0 Å². The van der Waals surface area contributed by atoms with Gasteiger partial charge in [0.15, 0.2) is 5.13 Å². The van der Waals surface area contributed by atoms with Crippen LogP contribution < -0.4 is 9.80 Å². The van der Waals surface area contributed by atoms with Crippen LogP contribution in [-0.4, -0.2) is 72.3 Å². The van der Waals surface area contributed by atoms with Crippen molar-refractivity contribution in [2.75, 3.05) is 62.3 Å². The number of anilines is 2. The first-order valence-corrected chi connectivity index (χ1v) is 13.1. The Kier molecular flexibility index (Phi) is 5.94. The van der Waals surface area contributed by atoms with Gasteiger partial charge in [-0.3, -0.25) is 4.90 Å². The number of nitrogens with zero attached hydrogens (tertiary/aromatic N) is 6. The summed E-state index contributed by atoms with van der Waals surface area (Å²) in [5.74, 6) is 1.98. The Morgan fingerprint density at radius 2 is 1.67 bits per heavy atom. The molecule has 0 bridgehead atoms. The number of aromatic nitrogens is 3. The molecule has 2 fully saturated rings. The minimum absolute atomic E-state index is 0.768. The minimum atomic E-state index is 0.768. The van der Waals surface area contributed by atoms with Gasteiger partial charge >= 0.3 is 0 Å². The molecule has 7 nitrogen and oxygen atoms in total. The summed E-state index contributed by atoms with van der Waals surface area (Å²) in [7, 11) is 0. The molecule has 1 aromatic carbocycles. The van der Waals surface area contributed by atoms with Gasteiger partial charge in [-0.15, -0.1) is 22.7 Å². The van der Waals surface area contributed by atoms with E-state index < -0.39 is 0 Å². The Labute approximate surface area is 201 Å². The molecule has 170 valence electrons. The van der Waals surface area contributed by atoms with Crippen LogP contribution in [0.4, 0.5) is 10.9 Å². The molecule has 6 rings (SSSR count). The number of morpholine rings is 1. The van der Waals surface area contributed by atoms with E-state index in [1.165, 1.54) is 16.5 Å². The summed E-state index contributed by atoms with van der Waals surface area (Å²) in [6, 6.07) is 10.6. The highest BCUT2D eigenvalue weighted by Gasteiger charge is 2.25. The number of piperazine rings is 1. The summed E-state index contributed by atoms with van der Waals surface area (Å²) in [6.07, 6.45) is 1.88. The first-order chi connectivity index (χ1) is 16.3. The second-order valence-electron chi connectivity index (χ2n) is 8.34. The fraction of sp³-hybridized carbons (Fsp3) is 0.375. The average Bonchev–Trinajstić information content (AvgIpc) is 3.56. The summed E-state index contributed by atoms with van der Waals surface area (Å²) in [5.41, 5.74) is 2.45. The number of hydrogen-bond acceptors (Lipinski definition) is 9. The molecule has 5 heterocycles. The third kappa shape index (κ3) is 4.33. The quantitative estimate of drug-likeness (QED) is 0.430. The van der Waals surface area contributed by atoms with E-state index in [0.717, 1.165) is 80.6 Å². The van der Waals surface area contributed by atoms with Crippen molar-refractivity contribution in [2.45, 2.75) is 6.54 Å². The lowest BCUT2D eigenvalue weighted by atomic mass is 10.1. The molecule has 0 atom stereocenters. The van der Waals surface area contributed by atoms with Crippen LogP contribution in [0.3, 0.4) is 0 Å². The van der Waals surface area contributed by atoms with Crippen LogP contribution in [0.2, 0.25) is 0 Å². The van der Waals surface area contributed by atoms with Gasteiger partial charge in [-0.1, -0.05) is 30.3 Å². The number of rotatable bonds is 5. The standard InChI is InChI=1S/C24H26N6OS2/c1-2-4-18(5-3-1)19-17-33-23-21(19)22(26-20(27-23)16-28-11-13-31-14-12-28)29-7-9-30(10-8-29)24-25-6-15-32-24/h1-6,15,17H,7-14,16H2. The van der Waals surface area contributed by atoms with Gasteiger partial charge in [-0.05, 0) is 5.56 Å². The van der Waals surface area contributed by atoms with E-state index in [2.05, 4.69) is 55.4 Å². The van der Waals surface area contributed by atoms with Crippen LogP contribution in [0.25, 0.3) is 21.3 Å². The maximum atomic E-state index is 5.52. The van der Waals surface area contributed by atoms with Gasteiger partial charge in [-0.25, -0.2) is 15.0 Å². The zero-order valence-corrected chi connectivity index (χ0v) is 20.0. The topological polar surface area (TPSA) is 57.6 Å². The molecule has 0 N–H and O–H groups in total. The number of hydrogen-bond donors (Lipinski definition) is 0. The fourth-order valence-electron chi connectivity index (χ4n) is 4.54. The predicted octanol–water partition coefficient (Wildman–Crippen LogP) is 3.97. The van der Waals surface area contributed by atoms with Gasteiger partial charge in [0, 0.05) is 61.8 Å². The molecule has 0 aliphatic carbocycles. The summed E-state index contributed by atoms with van der Waals surface area (Å²) in [5, 5.41) is 6.57.